The number of ether oxygens (including phenoxy) is 2. The first kappa shape index (κ1) is 10.9. The number of para-hydroxylation sites is 2. The highest BCUT2D eigenvalue weighted by Gasteiger charge is 2.36. The van der Waals surface area contributed by atoms with Gasteiger partial charge in [-0.05, 0) is 25.0 Å². The van der Waals surface area contributed by atoms with E-state index in [0.29, 0.717) is 6.10 Å². The van der Waals surface area contributed by atoms with Crippen LogP contribution in [0.3, 0.4) is 0 Å². The Morgan fingerprint density at radius 1 is 1.12 bits per heavy atom. The number of benzene rings is 1. The summed E-state index contributed by atoms with van der Waals surface area (Å²) < 4.78 is 11.2. The fourth-order valence-corrected chi connectivity index (χ4v) is 2.49. The maximum absolute atomic E-state index is 5.95. The highest BCUT2D eigenvalue weighted by molar-refractivity contribution is 5.39. The van der Waals surface area contributed by atoms with Crippen LogP contribution in [0.25, 0.3) is 0 Å². The average molecular weight is 233 g/mol. The van der Waals surface area contributed by atoms with Gasteiger partial charge in [0.15, 0.2) is 11.5 Å². The van der Waals surface area contributed by atoms with Crippen LogP contribution in [-0.2, 0) is 0 Å². The van der Waals surface area contributed by atoms with Crippen molar-refractivity contribution in [3.63, 3.8) is 0 Å². The zero-order valence-electron chi connectivity index (χ0n) is 10.3. The van der Waals surface area contributed by atoms with Crippen molar-refractivity contribution in [2.75, 3.05) is 20.2 Å². The van der Waals surface area contributed by atoms with E-state index in [9.17, 15) is 0 Å². The number of likely N-dealkylation sites (tertiary alicyclic amines) is 1. The minimum absolute atomic E-state index is 0.340. The van der Waals surface area contributed by atoms with E-state index >= 15 is 0 Å². The SMILES string of the molecule is COc1ccccc1OC1CN(C2CCC2)C1. The molecule has 1 aliphatic heterocycles. The van der Waals surface area contributed by atoms with Crippen LogP contribution in [0.5, 0.6) is 11.5 Å². The lowest BCUT2D eigenvalue weighted by molar-refractivity contribution is -0.0316. The minimum atomic E-state index is 0.340. The molecule has 0 amide bonds. The summed E-state index contributed by atoms with van der Waals surface area (Å²) in [7, 11) is 1.68. The smallest absolute Gasteiger partial charge is 0.161 e. The molecule has 0 spiro atoms. The molecule has 0 atom stereocenters. The molecule has 3 nitrogen and oxygen atoms in total. The van der Waals surface area contributed by atoms with Gasteiger partial charge in [0.05, 0.1) is 7.11 Å². The van der Waals surface area contributed by atoms with Gasteiger partial charge in [-0.2, -0.15) is 0 Å². The molecular formula is C14H19NO2. The molecule has 0 aromatic heterocycles. The van der Waals surface area contributed by atoms with Crippen LogP contribution in [-0.4, -0.2) is 37.2 Å². The molecule has 0 N–H and O–H groups in total. The second-order valence-electron chi connectivity index (χ2n) is 4.93. The molecule has 1 saturated heterocycles. The van der Waals surface area contributed by atoms with Gasteiger partial charge in [-0.25, -0.2) is 0 Å². The Labute approximate surface area is 102 Å². The summed E-state index contributed by atoms with van der Waals surface area (Å²) >= 11 is 0. The molecule has 2 fully saturated rings. The monoisotopic (exact) mass is 233 g/mol. The van der Waals surface area contributed by atoms with Crippen molar-refractivity contribution in [1.82, 2.24) is 4.90 Å². The lowest BCUT2D eigenvalue weighted by Crippen LogP contribution is -2.59. The largest absolute Gasteiger partial charge is 0.493 e. The zero-order chi connectivity index (χ0) is 11.7. The first-order valence-electron chi connectivity index (χ1n) is 6.40. The minimum Gasteiger partial charge on any atom is -0.493 e. The highest BCUT2D eigenvalue weighted by atomic mass is 16.5. The Balaban J connectivity index is 1.54. The van der Waals surface area contributed by atoms with Gasteiger partial charge < -0.3 is 9.47 Å². The summed E-state index contributed by atoms with van der Waals surface area (Å²) in [6.07, 6.45) is 4.49. The van der Waals surface area contributed by atoms with Gasteiger partial charge in [0.25, 0.3) is 0 Å². The lowest BCUT2D eigenvalue weighted by Gasteiger charge is -2.47. The molecule has 92 valence electrons. The maximum atomic E-state index is 5.95. The third-order valence-corrected chi connectivity index (χ3v) is 3.83. The van der Waals surface area contributed by atoms with Crippen molar-refractivity contribution in [3.8, 4) is 11.5 Å². The average Bonchev–Trinajstić information content (AvgIpc) is 2.24. The molecule has 1 aromatic carbocycles. The molecule has 1 heterocycles. The molecule has 3 rings (SSSR count). The van der Waals surface area contributed by atoms with Gasteiger partial charge in [-0.3, -0.25) is 4.90 Å². The number of hydrogen-bond acceptors (Lipinski definition) is 3. The highest BCUT2D eigenvalue weighted by Crippen LogP contribution is 2.32. The summed E-state index contributed by atoms with van der Waals surface area (Å²) in [4.78, 5) is 2.53. The van der Waals surface area contributed by atoms with Crippen molar-refractivity contribution in [3.05, 3.63) is 24.3 Å². The second-order valence-corrected chi connectivity index (χ2v) is 4.93. The van der Waals surface area contributed by atoms with Crippen molar-refractivity contribution in [1.29, 1.82) is 0 Å². The summed E-state index contributed by atoms with van der Waals surface area (Å²) in [5, 5.41) is 0. The van der Waals surface area contributed by atoms with E-state index in [2.05, 4.69) is 4.90 Å². The molecule has 17 heavy (non-hydrogen) atoms. The van der Waals surface area contributed by atoms with Gasteiger partial charge in [0.1, 0.15) is 6.10 Å². The van der Waals surface area contributed by atoms with Crippen LogP contribution in [0.2, 0.25) is 0 Å². The van der Waals surface area contributed by atoms with Crippen LogP contribution in [0.1, 0.15) is 19.3 Å². The summed E-state index contributed by atoms with van der Waals surface area (Å²) in [5.41, 5.74) is 0. The molecule has 3 heteroatoms. The Bertz CT molecular complexity index is 384. The fourth-order valence-electron chi connectivity index (χ4n) is 2.49. The maximum Gasteiger partial charge on any atom is 0.161 e. The van der Waals surface area contributed by atoms with Crippen LogP contribution >= 0.6 is 0 Å². The van der Waals surface area contributed by atoms with Crippen molar-refractivity contribution >= 4 is 0 Å². The van der Waals surface area contributed by atoms with E-state index in [0.717, 1.165) is 30.6 Å². The number of nitrogens with zero attached hydrogens (tertiary/aromatic N) is 1. The first-order valence-corrected chi connectivity index (χ1v) is 6.40. The van der Waals surface area contributed by atoms with E-state index in [-0.39, 0.29) is 0 Å². The topological polar surface area (TPSA) is 21.7 Å². The Morgan fingerprint density at radius 3 is 2.41 bits per heavy atom. The van der Waals surface area contributed by atoms with Crippen LogP contribution in [0, 0.1) is 0 Å². The predicted octanol–water partition coefficient (Wildman–Crippen LogP) is 2.31. The van der Waals surface area contributed by atoms with Gasteiger partial charge in [-0.15, -0.1) is 0 Å². The zero-order valence-corrected chi connectivity index (χ0v) is 10.3. The van der Waals surface area contributed by atoms with E-state index < -0.39 is 0 Å². The van der Waals surface area contributed by atoms with Crippen LogP contribution < -0.4 is 9.47 Å². The standard InChI is InChI=1S/C14H19NO2/c1-16-13-7-2-3-8-14(13)17-12-9-15(10-12)11-5-4-6-11/h2-3,7-8,11-12H,4-6,9-10H2,1H3. The molecular weight excluding hydrogens is 214 g/mol. The summed E-state index contributed by atoms with van der Waals surface area (Å²) in [6.45, 7) is 2.14. The third kappa shape index (κ3) is 2.12. The van der Waals surface area contributed by atoms with Crippen LogP contribution in [0.4, 0.5) is 0 Å². The van der Waals surface area contributed by atoms with Crippen LogP contribution in [0.15, 0.2) is 24.3 Å². The van der Waals surface area contributed by atoms with Gasteiger partial charge in [0.2, 0.25) is 0 Å². The fraction of sp³-hybridized carbons (Fsp3) is 0.571. The molecule has 0 bridgehead atoms. The van der Waals surface area contributed by atoms with E-state index in [1.807, 2.05) is 24.3 Å². The Hall–Kier alpha value is -1.22. The van der Waals surface area contributed by atoms with Gasteiger partial charge in [-0.1, -0.05) is 18.6 Å². The van der Waals surface area contributed by atoms with E-state index in [1.54, 1.807) is 7.11 Å². The number of methoxy groups -OCH3 is 1. The first-order chi connectivity index (χ1) is 8.36. The number of hydrogen-bond donors (Lipinski definition) is 0. The quantitative estimate of drug-likeness (QED) is 0.796. The lowest BCUT2D eigenvalue weighted by atomic mass is 9.89. The molecule has 1 aliphatic carbocycles. The van der Waals surface area contributed by atoms with Gasteiger partial charge >= 0.3 is 0 Å². The summed E-state index contributed by atoms with van der Waals surface area (Å²) in [5.74, 6) is 1.70. The Kier molecular flexibility index (Phi) is 2.93. The molecule has 0 radical (unpaired) electrons. The normalized spacial score (nSPS) is 21.7. The molecule has 1 saturated carbocycles. The van der Waals surface area contributed by atoms with Crippen molar-refractivity contribution in [2.45, 2.75) is 31.4 Å². The molecule has 2 aliphatic rings. The Morgan fingerprint density at radius 2 is 1.82 bits per heavy atom. The third-order valence-electron chi connectivity index (χ3n) is 3.83. The number of rotatable bonds is 4. The molecule has 0 unspecified atom stereocenters. The summed E-state index contributed by atoms with van der Waals surface area (Å²) in [6, 6.07) is 8.71. The van der Waals surface area contributed by atoms with Crippen molar-refractivity contribution < 1.29 is 9.47 Å². The van der Waals surface area contributed by atoms with Crippen molar-refractivity contribution in [2.24, 2.45) is 0 Å². The second kappa shape index (κ2) is 4.57. The van der Waals surface area contributed by atoms with E-state index in [4.69, 9.17) is 9.47 Å². The predicted molar refractivity (Wildman–Crippen MR) is 66.6 cm³/mol. The van der Waals surface area contributed by atoms with Gasteiger partial charge in [0, 0.05) is 19.1 Å². The molecule has 1 aromatic rings. The van der Waals surface area contributed by atoms with E-state index in [1.165, 1.54) is 19.3 Å².